The number of rotatable bonds is 2. The molecule has 2 N–H and O–H groups in total. The van der Waals surface area contributed by atoms with E-state index in [2.05, 4.69) is 0 Å². The number of hydrogen-bond donors (Lipinski definition) is 1. The SMILES string of the molecule is CCOC(=O)[C@H]1CCC[C@@H]1N. The van der Waals surface area contributed by atoms with Crippen LogP contribution in [0.15, 0.2) is 0 Å². The van der Waals surface area contributed by atoms with Crippen molar-refractivity contribution in [2.75, 3.05) is 6.61 Å². The molecule has 1 saturated carbocycles. The van der Waals surface area contributed by atoms with Crippen molar-refractivity contribution in [3.63, 3.8) is 0 Å². The summed E-state index contributed by atoms with van der Waals surface area (Å²) in [6.07, 6.45) is 2.92. The van der Waals surface area contributed by atoms with E-state index in [1.165, 1.54) is 0 Å². The molecule has 0 heterocycles. The minimum absolute atomic E-state index is 0.0325. The molecule has 3 nitrogen and oxygen atoms in total. The summed E-state index contributed by atoms with van der Waals surface area (Å²) in [6, 6.07) is 0.0362. The van der Waals surface area contributed by atoms with Gasteiger partial charge in [0, 0.05) is 6.04 Å². The fourth-order valence-corrected chi connectivity index (χ4v) is 1.53. The lowest BCUT2D eigenvalue weighted by atomic mass is 10.1. The molecule has 0 unspecified atom stereocenters. The Labute approximate surface area is 66.9 Å². The average molecular weight is 157 g/mol. The minimum atomic E-state index is -0.113. The molecule has 1 fully saturated rings. The number of carbonyl (C=O) groups is 1. The predicted molar refractivity (Wildman–Crippen MR) is 41.9 cm³/mol. The molecule has 0 aromatic rings. The maximum atomic E-state index is 11.2. The molecule has 1 aliphatic rings. The molecule has 2 atom stereocenters. The second kappa shape index (κ2) is 3.72. The molecule has 0 aromatic heterocycles. The van der Waals surface area contributed by atoms with Gasteiger partial charge in [-0.3, -0.25) is 4.79 Å². The van der Waals surface area contributed by atoms with Crippen LogP contribution < -0.4 is 5.73 Å². The van der Waals surface area contributed by atoms with Crippen LogP contribution in [0.3, 0.4) is 0 Å². The van der Waals surface area contributed by atoms with Gasteiger partial charge < -0.3 is 10.5 Å². The van der Waals surface area contributed by atoms with Crippen molar-refractivity contribution in [2.45, 2.75) is 32.2 Å². The average Bonchev–Trinajstić information content (AvgIpc) is 2.36. The monoisotopic (exact) mass is 157 g/mol. The predicted octanol–water partition coefficient (Wildman–Crippen LogP) is 0.677. The maximum absolute atomic E-state index is 11.2. The third kappa shape index (κ3) is 1.93. The van der Waals surface area contributed by atoms with Gasteiger partial charge >= 0.3 is 5.97 Å². The molecular weight excluding hydrogens is 142 g/mol. The van der Waals surface area contributed by atoms with Gasteiger partial charge in [-0.2, -0.15) is 0 Å². The van der Waals surface area contributed by atoms with Gasteiger partial charge in [-0.15, -0.1) is 0 Å². The van der Waals surface area contributed by atoms with Gasteiger partial charge in [-0.1, -0.05) is 6.42 Å². The molecule has 1 rings (SSSR count). The van der Waals surface area contributed by atoms with Gasteiger partial charge in [0.2, 0.25) is 0 Å². The van der Waals surface area contributed by atoms with E-state index < -0.39 is 0 Å². The number of ether oxygens (including phenoxy) is 1. The van der Waals surface area contributed by atoms with E-state index in [4.69, 9.17) is 10.5 Å². The van der Waals surface area contributed by atoms with E-state index >= 15 is 0 Å². The van der Waals surface area contributed by atoms with E-state index in [1.54, 1.807) is 0 Å². The fourth-order valence-electron chi connectivity index (χ4n) is 1.53. The van der Waals surface area contributed by atoms with E-state index in [-0.39, 0.29) is 17.9 Å². The molecule has 0 radical (unpaired) electrons. The zero-order valence-corrected chi connectivity index (χ0v) is 6.88. The van der Waals surface area contributed by atoms with Crippen LogP contribution in [0.5, 0.6) is 0 Å². The first-order valence-corrected chi connectivity index (χ1v) is 4.18. The Hall–Kier alpha value is -0.570. The largest absolute Gasteiger partial charge is 0.466 e. The zero-order valence-electron chi connectivity index (χ0n) is 6.88. The number of carbonyl (C=O) groups excluding carboxylic acids is 1. The third-order valence-corrected chi connectivity index (χ3v) is 2.16. The fraction of sp³-hybridized carbons (Fsp3) is 0.875. The van der Waals surface area contributed by atoms with Crippen LogP contribution in [0.4, 0.5) is 0 Å². The molecule has 0 bridgehead atoms. The smallest absolute Gasteiger partial charge is 0.310 e. The molecular formula is C8H15NO2. The Bertz CT molecular complexity index is 147. The van der Waals surface area contributed by atoms with Crippen LogP contribution in [-0.4, -0.2) is 18.6 Å². The summed E-state index contributed by atoms with van der Waals surface area (Å²) in [5, 5.41) is 0. The summed E-state index contributed by atoms with van der Waals surface area (Å²) in [6.45, 7) is 2.28. The Morgan fingerprint density at radius 3 is 2.82 bits per heavy atom. The van der Waals surface area contributed by atoms with Crippen molar-refractivity contribution in [3.05, 3.63) is 0 Å². The molecule has 1 aliphatic carbocycles. The molecule has 0 saturated heterocycles. The van der Waals surface area contributed by atoms with Crippen LogP contribution in [0, 0.1) is 5.92 Å². The van der Waals surface area contributed by atoms with Crippen molar-refractivity contribution >= 4 is 5.97 Å². The number of nitrogens with two attached hydrogens (primary N) is 1. The van der Waals surface area contributed by atoms with Crippen LogP contribution in [0.2, 0.25) is 0 Å². The van der Waals surface area contributed by atoms with Crippen LogP contribution in [-0.2, 0) is 9.53 Å². The highest BCUT2D eigenvalue weighted by Gasteiger charge is 2.31. The Morgan fingerprint density at radius 2 is 2.36 bits per heavy atom. The molecule has 11 heavy (non-hydrogen) atoms. The van der Waals surface area contributed by atoms with Gasteiger partial charge in [0.05, 0.1) is 12.5 Å². The van der Waals surface area contributed by atoms with Crippen molar-refractivity contribution in [1.82, 2.24) is 0 Å². The zero-order chi connectivity index (χ0) is 8.27. The van der Waals surface area contributed by atoms with Gasteiger partial charge in [-0.25, -0.2) is 0 Å². The second-order valence-electron chi connectivity index (χ2n) is 2.95. The normalized spacial score (nSPS) is 30.4. The lowest BCUT2D eigenvalue weighted by Crippen LogP contribution is -2.31. The summed E-state index contributed by atoms with van der Waals surface area (Å²) in [5.41, 5.74) is 5.71. The van der Waals surface area contributed by atoms with Crippen LogP contribution >= 0.6 is 0 Å². The topological polar surface area (TPSA) is 52.3 Å². The van der Waals surface area contributed by atoms with Gasteiger partial charge in [0.1, 0.15) is 0 Å². The number of esters is 1. The Morgan fingerprint density at radius 1 is 1.64 bits per heavy atom. The van der Waals surface area contributed by atoms with Crippen molar-refractivity contribution in [3.8, 4) is 0 Å². The maximum Gasteiger partial charge on any atom is 0.310 e. The molecule has 3 heteroatoms. The van der Waals surface area contributed by atoms with E-state index in [1.807, 2.05) is 6.92 Å². The summed E-state index contributed by atoms with van der Waals surface area (Å²) < 4.78 is 4.88. The molecule has 0 amide bonds. The summed E-state index contributed by atoms with van der Waals surface area (Å²) in [5.74, 6) is -0.146. The minimum Gasteiger partial charge on any atom is -0.466 e. The molecule has 0 spiro atoms. The van der Waals surface area contributed by atoms with Crippen molar-refractivity contribution in [1.29, 1.82) is 0 Å². The van der Waals surface area contributed by atoms with Gasteiger partial charge in [-0.05, 0) is 19.8 Å². The third-order valence-electron chi connectivity index (χ3n) is 2.16. The molecule has 0 aromatic carbocycles. The van der Waals surface area contributed by atoms with Crippen LogP contribution in [0.1, 0.15) is 26.2 Å². The van der Waals surface area contributed by atoms with Gasteiger partial charge in [0.15, 0.2) is 0 Å². The first kappa shape index (κ1) is 8.53. The lowest BCUT2D eigenvalue weighted by Gasteiger charge is -2.12. The van der Waals surface area contributed by atoms with E-state index in [9.17, 15) is 4.79 Å². The summed E-state index contributed by atoms with van der Waals surface area (Å²) >= 11 is 0. The first-order chi connectivity index (χ1) is 5.25. The standard InChI is InChI=1S/C8H15NO2/c1-2-11-8(10)6-4-3-5-7(6)9/h6-7H,2-5,9H2,1H3/t6-,7-/m0/s1. The van der Waals surface area contributed by atoms with Crippen molar-refractivity contribution in [2.24, 2.45) is 11.7 Å². The van der Waals surface area contributed by atoms with Crippen molar-refractivity contribution < 1.29 is 9.53 Å². The van der Waals surface area contributed by atoms with Crippen LogP contribution in [0.25, 0.3) is 0 Å². The van der Waals surface area contributed by atoms with Gasteiger partial charge in [0.25, 0.3) is 0 Å². The first-order valence-electron chi connectivity index (χ1n) is 4.18. The number of hydrogen-bond acceptors (Lipinski definition) is 3. The molecule has 64 valence electrons. The molecule has 0 aliphatic heterocycles. The highest BCUT2D eigenvalue weighted by molar-refractivity contribution is 5.73. The highest BCUT2D eigenvalue weighted by Crippen LogP contribution is 2.24. The highest BCUT2D eigenvalue weighted by atomic mass is 16.5. The van der Waals surface area contributed by atoms with E-state index in [0.717, 1.165) is 19.3 Å². The quantitative estimate of drug-likeness (QED) is 0.599. The second-order valence-corrected chi connectivity index (χ2v) is 2.95. The summed E-state index contributed by atoms with van der Waals surface area (Å²) in [7, 11) is 0. The lowest BCUT2D eigenvalue weighted by molar-refractivity contribution is -0.148. The Kier molecular flexibility index (Phi) is 2.88. The summed E-state index contributed by atoms with van der Waals surface area (Å²) in [4.78, 5) is 11.2. The Balaban J connectivity index is 2.39. The van der Waals surface area contributed by atoms with E-state index in [0.29, 0.717) is 6.61 Å².